The third-order valence-corrected chi connectivity index (χ3v) is 4.94. The van der Waals surface area contributed by atoms with Crippen LogP contribution in [-0.2, 0) is 0 Å². The van der Waals surface area contributed by atoms with Crippen molar-refractivity contribution in [1.29, 1.82) is 5.26 Å². The summed E-state index contributed by atoms with van der Waals surface area (Å²) in [6, 6.07) is 10.2. The molecule has 1 unspecified atom stereocenters. The highest BCUT2D eigenvalue weighted by molar-refractivity contribution is 6.42. The highest BCUT2D eigenvalue weighted by atomic mass is 35.5. The number of benzene rings is 1. The molecule has 6 nitrogen and oxygen atoms in total. The molecular formula is C18H19ClN6. The van der Waals surface area contributed by atoms with Crippen LogP contribution < -0.4 is 10.6 Å². The molecule has 4 rings (SSSR count). The van der Waals surface area contributed by atoms with Crippen LogP contribution in [0, 0.1) is 11.3 Å². The second-order valence-corrected chi connectivity index (χ2v) is 6.83. The number of nitrogens with one attached hydrogen (secondary N) is 2. The number of rotatable bonds is 2. The van der Waals surface area contributed by atoms with E-state index in [1.54, 1.807) is 6.20 Å². The van der Waals surface area contributed by atoms with Gasteiger partial charge in [0.25, 0.3) is 0 Å². The van der Waals surface area contributed by atoms with Crippen molar-refractivity contribution in [3.63, 3.8) is 0 Å². The second-order valence-electron chi connectivity index (χ2n) is 6.39. The average molecular weight is 355 g/mol. The number of nitriles is 1. The zero-order chi connectivity index (χ0) is 17.2. The summed E-state index contributed by atoms with van der Waals surface area (Å²) in [4.78, 5) is 11.6. The van der Waals surface area contributed by atoms with Crippen LogP contribution in [0.1, 0.15) is 24.4 Å². The van der Waals surface area contributed by atoms with E-state index in [1.165, 1.54) is 0 Å². The average Bonchev–Trinajstić information content (AvgIpc) is 3.09. The molecule has 0 bridgehead atoms. The van der Waals surface area contributed by atoms with Gasteiger partial charge >= 0.3 is 0 Å². The van der Waals surface area contributed by atoms with E-state index in [2.05, 4.69) is 16.7 Å². The van der Waals surface area contributed by atoms with Crippen molar-refractivity contribution in [2.75, 3.05) is 19.6 Å². The Morgan fingerprint density at radius 1 is 1.32 bits per heavy atom. The van der Waals surface area contributed by atoms with Crippen molar-refractivity contribution in [3.8, 4) is 6.07 Å². The summed E-state index contributed by atoms with van der Waals surface area (Å²) >= 11 is 5.98. The van der Waals surface area contributed by atoms with E-state index in [-0.39, 0.29) is 12.1 Å². The van der Waals surface area contributed by atoms with E-state index in [0.29, 0.717) is 17.3 Å². The topological polar surface area (TPSA) is 75.8 Å². The van der Waals surface area contributed by atoms with E-state index < -0.39 is 0 Å². The van der Waals surface area contributed by atoms with Crippen molar-refractivity contribution in [2.24, 2.45) is 9.98 Å². The minimum absolute atomic E-state index is 0.0291. The number of hydrogen-bond acceptors (Lipinski definition) is 5. The molecule has 0 radical (unpaired) electrons. The Labute approximate surface area is 151 Å². The first-order valence-corrected chi connectivity index (χ1v) is 8.89. The predicted molar refractivity (Wildman–Crippen MR) is 98.5 cm³/mol. The van der Waals surface area contributed by atoms with Crippen molar-refractivity contribution in [3.05, 3.63) is 46.7 Å². The normalized spacial score (nSPS) is 27.2. The molecule has 0 spiro atoms. The van der Waals surface area contributed by atoms with Crippen LogP contribution in [-0.4, -0.2) is 42.2 Å². The molecule has 1 fully saturated rings. The molecule has 25 heavy (non-hydrogen) atoms. The first-order chi connectivity index (χ1) is 12.2. The summed E-state index contributed by atoms with van der Waals surface area (Å²) < 4.78 is 0. The maximum Gasteiger partial charge on any atom is 0.172 e. The third kappa shape index (κ3) is 3.26. The molecule has 1 saturated heterocycles. The molecule has 3 aliphatic heterocycles. The van der Waals surface area contributed by atoms with Crippen LogP contribution in [0.2, 0.25) is 5.02 Å². The lowest BCUT2D eigenvalue weighted by molar-refractivity contribution is 0.459. The fourth-order valence-electron chi connectivity index (χ4n) is 3.38. The molecular weight excluding hydrogens is 336 g/mol. The van der Waals surface area contributed by atoms with Gasteiger partial charge in [-0.25, -0.2) is 0 Å². The number of aliphatic imine (C=N–C) groups is 2. The van der Waals surface area contributed by atoms with Crippen LogP contribution in [0.25, 0.3) is 0 Å². The summed E-state index contributed by atoms with van der Waals surface area (Å²) in [6.07, 6.45) is 3.92. The molecule has 0 saturated carbocycles. The Bertz CT molecular complexity index is 783. The molecule has 7 heteroatoms. The maximum atomic E-state index is 9.42. The Morgan fingerprint density at radius 3 is 2.88 bits per heavy atom. The number of piperidine rings is 1. The number of amidine groups is 2. The first kappa shape index (κ1) is 16.1. The van der Waals surface area contributed by atoms with Gasteiger partial charge in [-0.3, -0.25) is 9.98 Å². The van der Waals surface area contributed by atoms with Gasteiger partial charge in [-0.15, -0.1) is 0 Å². The molecule has 1 aromatic rings. The van der Waals surface area contributed by atoms with Crippen molar-refractivity contribution >= 4 is 23.3 Å². The monoisotopic (exact) mass is 354 g/mol. The van der Waals surface area contributed by atoms with Crippen molar-refractivity contribution in [2.45, 2.75) is 24.9 Å². The van der Waals surface area contributed by atoms with Gasteiger partial charge in [0, 0.05) is 17.8 Å². The maximum absolute atomic E-state index is 9.42. The fourth-order valence-corrected chi connectivity index (χ4v) is 3.50. The molecule has 1 aromatic carbocycles. The van der Waals surface area contributed by atoms with Gasteiger partial charge in [0.1, 0.15) is 11.8 Å². The molecule has 0 amide bonds. The fraction of sp³-hybridized carbons (Fsp3) is 0.389. The number of fused-ring (bicyclic) bond motifs is 1. The molecule has 3 heterocycles. The van der Waals surface area contributed by atoms with Gasteiger partial charge in [0.2, 0.25) is 0 Å². The largest absolute Gasteiger partial charge is 0.341 e. The summed E-state index contributed by atoms with van der Waals surface area (Å²) in [6.45, 7) is 2.58. The smallest absolute Gasteiger partial charge is 0.172 e. The quantitative estimate of drug-likeness (QED) is 0.853. The second kappa shape index (κ2) is 6.87. The zero-order valence-corrected chi connectivity index (χ0v) is 14.5. The van der Waals surface area contributed by atoms with E-state index >= 15 is 0 Å². The summed E-state index contributed by atoms with van der Waals surface area (Å²) in [5, 5.41) is 16.7. The zero-order valence-electron chi connectivity index (χ0n) is 13.7. The van der Waals surface area contributed by atoms with E-state index in [9.17, 15) is 5.26 Å². The van der Waals surface area contributed by atoms with Crippen molar-refractivity contribution < 1.29 is 0 Å². The Hall–Kier alpha value is -2.36. The van der Waals surface area contributed by atoms with Gasteiger partial charge in [-0.2, -0.15) is 5.26 Å². The van der Waals surface area contributed by atoms with Crippen LogP contribution in [0.3, 0.4) is 0 Å². The summed E-state index contributed by atoms with van der Waals surface area (Å²) in [7, 11) is 0. The van der Waals surface area contributed by atoms with E-state index in [4.69, 9.17) is 21.6 Å². The van der Waals surface area contributed by atoms with Gasteiger partial charge in [0.05, 0.1) is 18.6 Å². The summed E-state index contributed by atoms with van der Waals surface area (Å²) in [5.41, 5.74) is 1.65. The highest BCUT2D eigenvalue weighted by Gasteiger charge is 2.34. The number of hydrogen-bond donors (Lipinski definition) is 2. The minimum atomic E-state index is -0.0291. The lowest BCUT2D eigenvalue weighted by Crippen LogP contribution is -2.45. The lowest BCUT2D eigenvalue weighted by atomic mass is 10.1. The standard InChI is InChI=1S/C18H19ClN6/c19-13-5-3-12(4-6-13)16-11-25-15(8-20)10-22-17(18(25)24-16)23-14-2-1-7-21-9-14/h3-6,10,14,16,21H,1-2,7,9,11H2,(H,22,23)/t14-,16?/m0/s1. The van der Waals surface area contributed by atoms with E-state index in [1.807, 2.05) is 29.2 Å². The lowest BCUT2D eigenvalue weighted by Gasteiger charge is -2.27. The van der Waals surface area contributed by atoms with Gasteiger partial charge in [0.15, 0.2) is 11.7 Å². The Kier molecular flexibility index (Phi) is 4.43. The first-order valence-electron chi connectivity index (χ1n) is 8.51. The molecule has 0 aliphatic carbocycles. The van der Waals surface area contributed by atoms with Gasteiger partial charge in [-0.1, -0.05) is 23.7 Å². The number of nitrogens with zero attached hydrogens (tertiary/aromatic N) is 4. The van der Waals surface area contributed by atoms with Crippen LogP contribution >= 0.6 is 11.6 Å². The van der Waals surface area contributed by atoms with Crippen LogP contribution in [0.4, 0.5) is 0 Å². The summed E-state index contributed by atoms with van der Waals surface area (Å²) in [5.74, 6) is 1.51. The highest BCUT2D eigenvalue weighted by Crippen LogP contribution is 2.29. The molecule has 0 aromatic heterocycles. The Balaban J connectivity index is 1.65. The predicted octanol–water partition coefficient (Wildman–Crippen LogP) is 2.21. The molecule has 3 aliphatic rings. The van der Waals surface area contributed by atoms with Crippen molar-refractivity contribution in [1.82, 2.24) is 15.5 Å². The third-order valence-electron chi connectivity index (χ3n) is 4.69. The number of halogens is 1. The van der Waals surface area contributed by atoms with Gasteiger partial charge in [-0.05, 0) is 37.1 Å². The molecule has 128 valence electrons. The SMILES string of the molecule is N#CC1=CNC(=N[C@H]2CCCNC2)C2=NC(c3ccc(Cl)cc3)CN12. The van der Waals surface area contributed by atoms with E-state index in [0.717, 1.165) is 43.2 Å². The molecule has 2 N–H and O–H groups in total. The number of allylic oxidation sites excluding steroid dienone is 1. The van der Waals surface area contributed by atoms with Gasteiger partial charge < -0.3 is 15.5 Å². The minimum Gasteiger partial charge on any atom is -0.341 e. The van der Waals surface area contributed by atoms with Crippen LogP contribution in [0.5, 0.6) is 0 Å². The Morgan fingerprint density at radius 2 is 2.16 bits per heavy atom. The van der Waals surface area contributed by atoms with Crippen LogP contribution in [0.15, 0.2) is 46.1 Å². The molecule has 2 atom stereocenters.